The first-order valence-electron chi connectivity index (χ1n) is 6.59. The van der Waals surface area contributed by atoms with Gasteiger partial charge in [-0.15, -0.1) is 11.3 Å². The molecule has 0 fully saturated rings. The van der Waals surface area contributed by atoms with Crippen LogP contribution in [0.4, 0.5) is 4.79 Å². The zero-order valence-corrected chi connectivity index (χ0v) is 13.1. The number of nitrogens with one attached hydrogen (secondary N) is 2. The van der Waals surface area contributed by atoms with Crippen molar-refractivity contribution in [3.8, 4) is 0 Å². The molecule has 1 aromatic heterocycles. The van der Waals surface area contributed by atoms with Crippen LogP contribution in [0.3, 0.4) is 0 Å². The molecule has 2 amide bonds. The predicted molar refractivity (Wildman–Crippen MR) is 79.9 cm³/mol. The van der Waals surface area contributed by atoms with Crippen LogP contribution in [0.2, 0.25) is 0 Å². The van der Waals surface area contributed by atoms with Crippen LogP contribution in [-0.4, -0.2) is 23.1 Å². The molecule has 0 bridgehead atoms. The molecular formula is C14H22N2O3S. The third-order valence-electron chi connectivity index (χ3n) is 2.99. The van der Waals surface area contributed by atoms with E-state index in [0.29, 0.717) is 0 Å². The quantitative estimate of drug-likeness (QED) is 0.782. The van der Waals surface area contributed by atoms with Gasteiger partial charge in [0.25, 0.3) is 0 Å². The van der Waals surface area contributed by atoms with Gasteiger partial charge in [-0.25, -0.2) is 9.59 Å². The lowest BCUT2D eigenvalue weighted by Gasteiger charge is -2.28. The molecule has 20 heavy (non-hydrogen) atoms. The Morgan fingerprint density at radius 2 is 2.00 bits per heavy atom. The highest BCUT2D eigenvalue weighted by molar-refractivity contribution is 7.10. The van der Waals surface area contributed by atoms with Crippen LogP contribution >= 0.6 is 11.3 Å². The normalized spacial score (nSPS) is 14.4. The van der Waals surface area contributed by atoms with E-state index in [1.807, 2.05) is 24.4 Å². The van der Waals surface area contributed by atoms with E-state index in [2.05, 4.69) is 10.6 Å². The Balaban J connectivity index is 2.68. The summed E-state index contributed by atoms with van der Waals surface area (Å²) in [6.07, 6.45) is 0.751. The Labute approximate surface area is 123 Å². The van der Waals surface area contributed by atoms with Gasteiger partial charge in [0.05, 0.1) is 6.04 Å². The number of carboxylic acid groups (broad SMARTS) is 1. The first kappa shape index (κ1) is 16.5. The Hall–Kier alpha value is -1.56. The lowest BCUT2D eigenvalue weighted by Crippen LogP contribution is -2.52. The monoisotopic (exact) mass is 298 g/mol. The second-order valence-electron chi connectivity index (χ2n) is 5.73. The molecule has 0 aliphatic carbocycles. The second-order valence-corrected chi connectivity index (χ2v) is 6.71. The lowest BCUT2D eigenvalue weighted by molar-refractivity contribution is -0.141. The topological polar surface area (TPSA) is 78.4 Å². The first-order valence-corrected chi connectivity index (χ1v) is 7.47. The van der Waals surface area contributed by atoms with Gasteiger partial charge in [0.15, 0.2) is 0 Å². The van der Waals surface area contributed by atoms with Crippen molar-refractivity contribution in [2.75, 3.05) is 0 Å². The van der Waals surface area contributed by atoms with Crippen LogP contribution in [0.25, 0.3) is 0 Å². The van der Waals surface area contributed by atoms with E-state index < -0.39 is 23.5 Å². The molecule has 0 saturated carbocycles. The minimum absolute atomic E-state index is 0.0931. The van der Waals surface area contributed by atoms with Gasteiger partial charge in [0.2, 0.25) is 0 Å². The third-order valence-corrected chi connectivity index (χ3v) is 3.97. The summed E-state index contributed by atoms with van der Waals surface area (Å²) in [6.45, 7) is 7.32. The summed E-state index contributed by atoms with van der Waals surface area (Å²) in [6, 6.07) is 2.41. The molecule has 0 aliphatic heterocycles. The SMILES string of the molecule is CCC(NC(=O)N[C@@H](C(=O)O)C(C)(C)C)c1cccs1. The molecule has 3 N–H and O–H groups in total. The van der Waals surface area contributed by atoms with Crippen molar-refractivity contribution < 1.29 is 14.7 Å². The average molecular weight is 298 g/mol. The molecule has 112 valence electrons. The maximum atomic E-state index is 12.0. The standard InChI is InChI=1S/C14H22N2O3S/c1-5-9(10-7-6-8-20-10)15-13(19)16-11(12(17)18)14(2,3)4/h6-9,11H,5H2,1-4H3,(H,17,18)(H2,15,16,19)/t9?,11-/m0/s1. The van der Waals surface area contributed by atoms with Crippen LogP contribution in [0.1, 0.15) is 45.0 Å². The van der Waals surface area contributed by atoms with Crippen molar-refractivity contribution in [1.82, 2.24) is 10.6 Å². The Morgan fingerprint density at radius 3 is 2.40 bits per heavy atom. The van der Waals surface area contributed by atoms with Crippen molar-refractivity contribution in [3.63, 3.8) is 0 Å². The second kappa shape index (κ2) is 6.74. The van der Waals surface area contributed by atoms with E-state index >= 15 is 0 Å². The molecule has 2 atom stereocenters. The highest BCUT2D eigenvalue weighted by Gasteiger charge is 2.33. The van der Waals surface area contributed by atoms with Crippen molar-refractivity contribution in [2.45, 2.75) is 46.2 Å². The Kier molecular flexibility index (Phi) is 5.56. The maximum Gasteiger partial charge on any atom is 0.326 e. The molecule has 1 unspecified atom stereocenters. The van der Waals surface area contributed by atoms with Gasteiger partial charge in [-0.3, -0.25) is 0 Å². The lowest BCUT2D eigenvalue weighted by atomic mass is 9.87. The molecule has 1 rings (SSSR count). The fourth-order valence-electron chi connectivity index (χ4n) is 1.84. The maximum absolute atomic E-state index is 12.0. The predicted octanol–water partition coefficient (Wildman–Crippen LogP) is 3.00. The van der Waals surface area contributed by atoms with E-state index in [1.165, 1.54) is 0 Å². The number of hydrogen-bond donors (Lipinski definition) is 3. The van der Waals surface area contributed by atoms with Gasteiger partial charge in [-0.05, 0) is 23.3 Å². The summed E-state index contributed by atoms with van der Waals surface area (Å²) in [5, 5.41) is 16.5. The number of carboxylic acids is 1. The molecule has 1 aromatic rings. The fourth-order valence-corrected chi connectivity index (χ4v) is 2.70. The van der Waals surface area contributed by atoms with Crippen molar-refractivity contribution in [1.29, 1.82) is 0 Å². The smallest absolute Gasteiger partial charge is 0.326 e. The Morgan fingerprint density at radius 1 is 1.35 bits per heavy atom. The van der Waals surface area contributed by atoms with Crippen molar-refractivity contribution >= 4 is 23.3 Å². The fraction of sp³-hybridized carbons (Fsp3) is 0.571. The summed E-state index contributed by atoms with van der Waals surface area (Å²) >= 11 is 1.57. The minimum atomic E-state index is -1.03. The van der Waals surface area contributed by atoms with Gasteiger partial charge in [0.1, 0.15) is 6.04 Å². The van der Waals surface area contributed by atoms with Crippen LogP contribution in [0.15, 0.2) is 17.5 Å². The Bertz CT molecular complexity index is 451. The molecular weight excluding hydrogens is 276 g/mol. The van der Waals surface area contributed by atoms with E-state index in [-0.39, 0.29) is 6.04 Å². The highest BCUT2D eigenvalue weighted by atomic mass is 32.1. The number of urea groups is 1. The van der Waals surface area contributed by atoms with Gasteiger partial charge in [-0.2, -0.15) is 0 Å². The number of aliphatic carboxylic acids is 1. The number of rotatable bonds is 5. The van der Waals surface area contributed by atoms with E-state index in [4.69, 9.17) is 0 Å². The summed E-state index contributed by atoms with van der Waals surface area (Å²) in [5.74, 6) is -1.03. The molecule has 0 aromatic carbocycles. The summed E-state index contributed by atoms with van der Waals surface area (Å²) in [7, 11) is 0. The van der Waals surface area contributed by atoms with E-state index in [9.17, 15) is 14.7 Å². The van der Waals surface area contributed by atoms with Gasteiger partial charge in [0, 0.05) is 4.88 Å². The summed E-state index contributed by atoms with van der Waals surface area (Å²) in [5.41, 5.74) is -0.548. The molecule has 0 spiro atoms. The van der Waals surface area contributed by atoms with Crippen LogP contribution in [-0.2, 0) is 4.79 Å². The molecule has 5 nitrogen and oxygen atoms in total. The summed E-state index contributed by atoms with van der Waals surface area (Å²) in [4.78, 5) is 24.3. The van der Waals surface area contributed by atoms with Gasteiger partial charge < -0.3 is 15.7 Å². The minimum Gasteiger partial charge on any atom is -0.480 e. The zero-order chi connectivity index (χ0) is 15.3. The van der Waals surface area contributed by atoms with E-state index in [1.54, 1.807) is 32.1 Å². The van der Waals surface area contributed by atoms with Crippen LogP contribution < -0.4 is 10.6 Å². The number of amides is 2. The van der Waals surface area contributed by atoms with E-state index in [0.717, 1.165) is 11.3 Å². The third kappa shape index (κ3) is 4.52. The highest BCUT2D eigenvalue weighted by Crippen LogP contribution is 2.22. The zero-order valence-electron chi connectivity index (χ0n) is 12.3. The largest absolute Gasteiger partial charge is 0.480 e. The number of carbonyl (C=O) groups is 2. The molecule has 0 radical (unpaired) electrons. The average Bonchev–Trinajstić information content (AvgIpc) is 2.84. The number of thiophene rings is 1. The molecule has 6 heteroatoms. The van der Waals surface area contributed by atoms with Gasteiger partial charge >= 0.3 is 12.0 Å². The van der Waals surface area contributed by atoms with Crippen LogP contribution in [0, 0.1) is 5.41 Å². The van der Waals surface area contributed by atoms with Crippen LogP contribution in [0.5, 0.6) is 0 Å². The molecule has 0 aliphatic rings. The van der Waals surface area contributed by atoms with Gasteiger partial charge in [-0.1, -0.05) is 33.8 Å². The molecule has 1 heterocycles. The number of carbonyl (C=O) groups excluding carboxylic acids is 1. The van der Waals surface area contributed by atoms with Crippen molar-refractivity contribution in [2.24, 2.45) is 5.41 Å². The number of hydrogen-bond acceptors (Lipinski definition) is 3. The van der Waals surface area contributed by atoms with Crippen molar-refractivity contribution in [3.05, 3.63) is 22.4 Å². The summed E-state index contributed by atoms with van der Waals surface area (Å²) < 4.78 is 0. The first-order chi connectivity index (χ1) is 9.25. The molecule has 0 saturated heterocycles.